The molecule has 3 amide bonds. The van der Waals surface area contributed by atoms with E-state index >= 15 is 0 Å². The Bertz CT molecular complexity index is 502. The van der Waals surface area contributed by atoms with Crippen LogP contribution in [-0.4, -0.2) is 64.3 Å². The van der Waals surface area contributed by atoms with Crippen molar-refractivity contribution in [2.24, 2.45) is 5.92 Å². The van der Waals surface area contributed by atoms with Crippen LogP contribution in [0.2, 0.25) is 0 Å². The molecule has 2 saturated carbocycles. The van der Waals surface area contributed by atoms with Crippen LogP contribution in [0.1, 0.15) is 64.7 Å². The van der Waals surface area contributed by atoms with Gasteiger partial charge in [0.25, 0.3) is 5.91 Å². The fourth-order valence-corrected chi connectivity index (χ4v) is 4.33. The molecule has 2 unspecified atom stereocenters. The Labute approximate surface area is 160 Å². The lowest BCUT2D eigenvalue weighted by atomic mass is 9.89. The molecular formula is C19H33N3O5. The molecule has 2 atom stereocenters. The Morgan fingerprint density at radius 1 is 1.11 bits per heavy atom. The van der Waals surface area contributed by atoms with E-state index in [0.717, 1.165) is 12.8 Å². The van der Waals surface area contributed by atoms with Gasteiger partial charge in [0.15, 0.2) is 6.10 Å². The van der Waals surface area contributed by atoms with Crippen LogP contribution >= 0.6 is 0 Å². The standard InChI is InChI=1S/C19H33N3O5/c1-13(17(24)18(25)20-11-14-5-3-2-4-6-14)22(12-23)16-9-7-15(8-10-16)21-19(26)27/h12-17,21,24H,2-11H2,1H3,(H,20,25)(H,26,27). The number of hydrogen-bond donors (Lipinski definition) is 4. The molecule has 0 spiro atoms. The van der Waals surface area contributed by atoms with Crippen LogP contribution < -0.4 is 10.6 Å². The van der Waals surface area contributed by atoms with Crippen molar-refractivity contribution in [3.63, 3.8) is 0 Å². The average molecular weight is 383 g/mol. The van der Waals surface area contributed by atoms with Gasteiger partial charge in [-0.25, -0.2) is 4.79 Å². The lowest BCUT2D eigenvalue weighted by molar-refractivity contribution is -0.137. The molecule has 154 valence electrons. The average Bonchev–Trinajstić information content (AvgIpc) is 2.67. The Morgan fingerprint density at radius 2 is 1.74 bits per heavy atom. The maximum Gasteiger partial charge on any atom is 0.404 e. The Kier molecular flexibility index (Phi) is 8.34. The second-order valence-electron chi connectivity index (χ2n) is 7.94. The minimum absolute atomic E-state index is 0.0925. The van der Waals surface area contributed by atoms with Crippen molar-refractivity contribution in [3.05, 3.63) is 0 Å². The van der Waals surface area contributed by atoms with Gasteiger partial charge < -0.3 is 25.7 Å². The van der Waals surface area contributed by atoms with Crippen molar-refractivity contribution in [2.45, 2.75) is 88.9 Å². The van der Waals surface area contributed by atoms with Crippen molar-refractivity contribution < 1.29 is 24.6 Å². The van der Waals surface area contributed by atoms with Crippen LogP contribution in [0.5, 0.6) is 0 Å². The zero-order valence-electron chi connectivity index (χ0n) is 16.1. The highest BCUT2D eigenvalue weighted by atomic mass is 16.4. The molecule has 0 aromatic heterocycles. The number of nitrogens with one attached hydrogen (secondary N) is 2. The normalized spacial score (nSPS) is 25.9. The summed E-state index contributed by atoms with van der Waals surface area (Å²) in [6.45, 7) is 2.26. The predicted molar refractivity (Wildman–Crippen MR) is 100 cm³/mol. The summed E-state index contributed by atoms with van der Waals surface area (Å²) in [5, 5.41) is 24.5. The van der Waals surface area contributed by atoms with Crippen LogP contribution in [0.15, 0.2) is 0 Å². The third-order valence-electron chi connectivity index (χ3n) is 6.05. The summed E-state index contributed by atoms with van der Waals surface area (Å²) in [5.74, 6) is 0.0468. The van der Waals surface area contributed by atoms with Crippen LogP contribution in [0.25, 0.3) is 0 Å². The molecule has 0 aromatic rings. The van der Waals surface area contributed by atoms with E-state index in [0.29, 0.717) is 44.6 Å². The van der Waals surface area contributed by atoms with Gasteiger partial charge in [0.2, 0.25) is 6.41 Å². The number of hydrogen-bond acceptors (Lipinski definition) is 4. The van der Waals surface area contributed by atoms with Gasteiger partial charge in [0.05, 0.1) is 6.04 Å². The molecule has 0 radical (unpaired) electrons. The summed E-state index contributed by atoms with van der Waals surface area (Å²) in [7, 11) is 0. The van der Waals surface area contributed by atoms with Gasteiger partial charge in [-0.1, -0.05) is 19.3 Å². The van der Waals surface area contributed by atoms with Crippen LogP contribution in [0.4, 0.5) is 4.79 Å². The molecule has 2 aliphatic carbocycles. The van der Waals surface area contributed by atoms with Crippen LogP contribution in [0.3, 0.4) is 0 Å². The molecular weight excluding hydrogens is 350 g/mol. The van der Waals surface area contributed by atoms with E-state index in [1.165, 1.54) is 24.2 Å². The minimum Gasteiger partial charge on any atom is -0.465 e. The summed E-state index contributed by atoms with van der Waals surface area (Å²) >= 11 is 0. The number of aliphatic hydroxyl groups is 1. The lowest BCUT2D eigenvalue weighted by Crippen LogP contribution is -2.54. The number of rotatable bonds is 8. The van der Waals surface area contributed by atoms with Gasteiger partial charge >= 0.3 is 6.09 Å². The summed E-state index contributed by atoms with van der Waals surface area (Å²) in [4.78, 5) is 36.2. The Morgan fingerprint density at radius 3 is 2.30 bits per heavy atom. The van der Waals surface area contributed by atoms with Gasteiger partial charge in [-0.3, -0.25) is 9.59 Å². The van der Waals surface area contributed by atoms with E-state index in [9.17, 15) is 19.5 Å². The summed E-state index contributed by atoms with van der Waals surface area (Å²) < 4.78 is 0. The number of amides is 3. The molecule has 2 fully saturated rings. The second-order valence-corrected chi connectivity index (χ2v) is 7.94. The molecule has 0 aliphatic heterocycles. The molecule has 2 aliphatic rings. The number of nitrogens with zero attached hydrogens (tertiary/aromatic N) is 1. The summed E-state index contributed by atoms with van der Waals surface area (Å²) in [5.41, 5.74) is 0. The first-order chi connectivity index (χ1) is 12.9. The van der Waals surface area contributed by atoms with Crippen LogP contribution in [-0.2, 0) is 9.59 Å². The van der Waals surface area contributed by atoms with Crippen LogP contribution in [0, 0.1) is 5.92 Å². The van der Waals surface area contributed by atoms with Gasteiger partial charge in [-0.05, 0) is 51.4 Å². The van der Waals surface area contributed by atoms with Crippen molar-refractivity contribution in [3.8, 4) is 0 Å². The maximum atomic E-state index is 12.3. The van der Waals surface area contributed by atoms with E-state index in [4.69, 9.17) is 5.11 Å². The summed E-state index contributed by atoms with van der Waals surface area (Å²) in [6, 6.07) is -0.820. The lowest BCUT2D eigenvalue weighted by Gasteiger charge is -2.39. The zero-order chi connectivity index (χ0) is 19.8. The van der Waals surface area contributed by atoms with Gasteiger partial charge in [0, 0.05) is 18.6 Å². The number of carbonyl (C=O) groups excluding carboxylic acids is 2. The van der Waals surface area contributed by atoms with Gasteiger partial charge in [-0.2, -0.15) is 0 Å². The highest BCUT2D eigenvalue weighted by molar-refractivity contribution is 5.81. The second kappa shape index (κ2) is 10.5. The highest BCUT2D eigenvalue weighted by Gasteiger charge is 2.33. The molecule has 2 rings (SSSR count). The van der Waals surface area contributed by atoms with Crippen molar-refractivity contribution in [1.82, 2.24) is 15.5 Å². The Balaban J connectivity index is 1.81. The smallest absolute Gasteiger partial charge is 0.404 e. The molecule has 4 N–H and O–H groups in total. The first-order valence-electron chi connectivity index (χ1n) is 10.1. The Hall–Kier alpha value is -1.83. The van der Waals surface area contributed by atoms with Gasteiger partial charge in [-0.15, -0.1) is 0 Å². The van der Waals surface area contributed by atoms with E-state index in [2.05, 4.69) is 10.6 Å². The first-order valence-corrected chi connectivity index (χ1v) is 10.1. The molecule has 27 heavy (non-hydrogen) atoms. The van der Waals surface area contributed by atoms with E-state index in [1.807, 2.05) is 0 Å². The largest absolute Gasteiger partial charge is 0.465 e. The fourth-order valence-electron chi connectivity index (χ4n) is 4.33. The van der Waals surface area contributed by atoms with Crippen molar-refractivity contribution >= 4 is 18.4 Å². The molecule has 8 nitrogen and oxygen atoms in total. The predicted octanol–water partition coefficient (Wildman–Crippen LogP) is 1.47. The van der Waals surface area contributed by atoms with Crippen molar-refractivity contribution in [2.75, 3.05) is 6.54 Å². The SMILES string of the molecule is CC(C(O)C(=O)NCC1CCCCC1)N(C=O)C1CCC(NC(=O)O)CC1. The monoisotopic (exact) mass is 383 g/mol. The van der Waals surface area contributed by atoms with Crippen molar-refractivity contribution in [1.29, 1.82) is 0 Å². The third kappa shape index (κ3) is 6.37. The molecule has 0 saturated heterocycles. The molecule has 8 heteroatoms. The first kappa shape index (κ1) is 21.5. The van der Waals surface area contributed by atoms with E-state index in [-0.39, 0.29) is 12.1 Å². The molecule has 0 bridgehead atoms. The quantitative estimate of drug-likeness (QED) is 0.473. The highest BCUT2D eigenvalue weighted by Crippen LogP contribution is 2.25. The zero-order valence-corrected chi connectivity index (χ0v) is 16.1. The molecule has 0 heterocycles. The number of carboxylic acid groups (broad SMARTS) is 1. The molecule has 0 aromatic carbocycles. The third-order valence-corrected chi connectivity index (χ3v) is 6.05. The summed E-state index contributed by atoms with van der Waals surface area (Å²) in [6.07, 6.45) is 6.80. The topological polar surface area (TPSA) is 119 Å². The van der Waals surface area contributed by atoms with E-state index < -0.39 is 24.1 Å². The minimum atomic E-state index is -1.27. The number of carbonyl (C=O) groups is 3. The van der Waals surface area contributed by atoms with Gasteiger partial charge in [0.1, 0.15) is 0 Å². The van der Waals surface area contributed by atoms with E-state index in [1.54, 1.807) is 6.92 Å². The number of aliphatic hydroxyl groups excluding tert-OH is 1. The maximum absolute atomic E-state index is 12.3. The fraction of sp³-hybridized carbons (Fsp3) is 0.842.